The Morgan fingerprint density at radius 3 is 2.61 bits per heavy atom. The van der Waals surface area contributed by atoms with Gasteiger partial charge in [0, 0.05) is 91.3 Å². The second-order valence-electron chi connectivity index (χ2n) is 14.0. The average molecular weight is 730 g/mol. The molecule has 264 valence electrons. The summed E-state index contributed by atoms with van der Waals surface area (Å²) in [6.45, 7) is 3.56. The highest BCUT2D eigenvalue weighted by Gasteiger charge is 2.51. The van der Waals surface area contributed by atoms with Crippen LogP contribution in [0.4, 0.5) is 0 Å². The third-order valence-corrected chi connectivity index (χ3v) is 11.2. The Kier molecular flexibility index (Phi) is 8.84. The number of nitrogens with one attached hydrogen (secondary N) is 2. The second-order valence-corrected chi connectivity index (χ2v) is 14.8. The first kappa shape index (κ1) is 33.8. The molecule has 3 aliphatic rings. The zero-order valence-electron chi connectivity index (χ0n) is 28.3. The lowest BCUT2D eigenvalue weighted by molar-refractivity contribution is -0.131. The minimum atomic E-state index is -0.185. The number of carbonyl (C=O) groups excluding carboxylic acids is 1. The van der Waals surface area contributed by atoms with E-state index in [0.29, 0.717) is 87.0 Å². The zero-order valence-corrected chi connectivity index (χ0v) is 29.8. The first-order chi connectivity index (χ1) is 24.6. The van der Waals surface area contributed by atoms with Gasteiger partial charge in [-0.15, -0.1) is 0 Å². The molecule has 6 heterocycles. The molecule has 1 unspecified atom stereocenters. The molecule has 4 aromatic heterocycles. The predicted molar refractivity (Wildman–Crippen MR) is 195 cm³/mol. The number of ether oxygens (including phenoxy) is 1. The SMILES string of the molecule is COc1nc(-c2cccc(-c3ccnc(-c4cc5c(=O)n(C)c(CN6CC7(CC(O)C7)C6)nn5c4)c3Cl)c2Cl)ccc1CNCC1CCC(=O)N1. The minimum Gasteiger partial charge on any atom is -0.481 e. The summed E-state index contributed by atoms with van der Waals surface area (Å²) in [5.74, 6) is 1.24. The van der Waals surface area contributed by atoms with Gasteiger partial charge in [0.25, 0.3) is 5.56 Å². The Hall–Kier alpha value is -4.33. The highest BCUT2D eigenvalue weighted by molar-refractivity contribution is 6.39. The summed E-state index contributed by atoms with van der Waals surface area (Å²) in [5, 5.41) is 21.8. The molecule has 12 nitrogen and oxygen atoms in total. The van der Waals surface area contributed by atoms with Gasteiger partial charge in [0.1, 0.15) is 11.3 Å². The van der Waals surface area contributed by atoms with Gasteiger partial charge in [-0.2, -0.15) is 5.10 Å². The molecule has 3 fully saturated rings. The first-order valence-electron chi connectivity index (χ1n) is 17.1. The first-order valence-corrected chi connectivity index (χ1v) is 17.8. The molecule has 1 amide bonds. The number of aromatic nitrogens is 5. The van der Waals surface area contributed by atoms with Crippen LogP contribution in [0.2, 0.25) is 10.0 Å². The Balaban J connectivity index is 1.04. The van der Waals surface area contributed by atoms with E-state index in [0.717, 1.165) is 37.9 Å². The molecule has 3 N–H and O–H groups in total. The van der Waals surface area contributed by atoms with Crippen molar-refractivity contribution in [1.29, 1.82) is 0 Å². The molecular formula is C37H38Cl2N8O4. The molecule has 0 bridgehead atoms. The molecule has 1 aromatic carbocycles. The number of fused-ring (bicyclic) bond motifs is 1. The molecular weight excluding hydrogens is 691 g/mol. The van der Waals surface area contributed by atoms with Crippen molar-refractivity contribution < 1.29 is 14.6 Å². The Morgan fingerprint density at radius 1 is 1.08 bits per heavy atom. The largest absolute Gasteiger partial charge is 0.481 e. The number of pyridine rings is 2. The topological polar surface area (TPSA) is 139 Å². The van der Waals surface area contributed by atoms with Gasteiger partial charge in [0.15, 0.2) is 0 Å². The molecule has 1 saturated carbocycles. The van der Waals surface area contributed by atoms with Gasteiger partial charge in [-0.05, 0) is 37.5 Å². The number of hydrogen-bond donors (Lipinski definition) is 3. The highest BCUT2D eigenvalue weighted by Crippen LogP contribution is 2.48. The lowest BCUT2D eigenvalue weighted by Crippen LogP contribution is -2.63. The second kappa shape index (κ2) is 13.3. The smallest absolute Gasteiger partial charge is 0.277 e. The number of nitrogens with zero attached hydrogens (tertiary/aromatic N) is 6. The van der Waals surface area contributed by atoms with E-state index in [1.807, 2.05) is 36.4 Å². The zero-order chi connectivity index (χ0) is 35.4. The maximum absolute atomic E-state index is 13.4. The Bertz CT molecular complexity index is 2220. The number of halogens is 2. The van der Waals surface area contributed by atoms with Gasteiger partial charge in [-0.1, -0.05) is 47.5 Å². The predicted octanol–water partition coefficient (Wildman–Crippen LogP) is 4.46. The van der Waals surface area contributed by atoms with Crippen LogP contribution in [0.1, 0.15) is 37.1 Å². The highest BCUT2D eigenvalue weighted by atomic mass is 35.5. The number of carbonyl (C=O) groups is 1. The van der Waals surface area contributed by atoms with Crippen molar-refractivity contribution in [3.8, 4) is 39.5 Å². The minimum absolute atomic E-state index is 0.0913. The van der Waals surface area contributed by atoms with Crippen molar-refractivity contribution in [2.75, 3.05) is 26.7 Å². The van der Waals surface area contributed by atoms with Crippen molar-refractivity contribution in [3.63, 3.8) is 0 Å². The molecule has 1 atom stereocenters. The van der Waals surface area contributed by atoms with E-state index in [4.69, 9.17) is 38.0 Å². The monoisotopic (exact) mass is 728 g/mol. The van der Waals surface area contributed by atoms with Crippen LogP contribution in [0.15, 0.2) is 59.7 Å². The van der Waals surface area contributed by atoms with Gasteiger partial charge in [-0.25, -0.2) is 9.50 Å². The fourth-order valence-corrected chi connectivity index (χ4v) is 8.43. The fraction of sp³-hybridized carbons (Fsp3) is 0.378. The molecule has 5 aromatic rings. The van der Waals surface area contributed by atoms with Crippen molar-refractivity contribution in [2.24, 2.45) is 12.5 Å². The summed E-state index contributed by atoms with van der Waals surface area (Å²) in [5.41, 5.74) is 5.30. The van der Waals surface area contributed by atoms with E-state index in [1.165, 1.54) is 0 Å². The molecule has 2 saturated heterocycles. The van der Waals surface area contributed by atoms with E-state index in [-0.39, 0.29) is 29.0 Å². The van der Waals surface area contributed by atoms with Gasteiger partial charge in [-0.3, -0.25) is 24.0 Å². The normalized spacial score (nSPS) is 18.6. The van der Waals surface area contributed by atoms with Crippen molar-refractivity contribution in [2.45, 2.75) is 50.9 Å². The summed E-state index contributed by atoms with van der Waals surface area (Å²) >= 11 is 14.2. The summed E-state index contributed by atoms with van der Waals surface area (Å²) in [4.78, 5) is 36.6. The maximum atomic E-state index is 13.4. The van der Waals surface area contributed by atoms with E-state index in [1.54, 1.807) is 41.7 Å². The number of hydrogen-bond acceptors (Lipinski definition) is 9. The van der Waals surface area contributed by atoms with E-state index in [9.17, 15) is 14.7 Å². The summed E-state index contributed by atoms with van der Waals surface area (Å²) in [6.07, 6.45) is 6.36. The molecule has 8 rings (SSSR count). The van der Waals surface area contributed by atoms with Crippen LogP contribution in [0.5, 0.6) is 5.88 Å². The maximum Gasteiger partial charge on any atom is 0.277 e. The Labute approximate surface area is 304 Å². The number of likely N-dealkylation sites (tertiary alicyclic amines) is 1. The van der Waals surface area contributed by atoms with Gasteiger partial charge < -0.3 is 20.5 Å². The van der Waals surface area contributed by atoms with Gasteiger partial charge in [0.05, 0.1) is 41.2 Å². The third-order valence-electron chi connectivity index (χ3n) is 10.4. The quantitative estimate of drug-likeness (QED) is 0.190. The van der Waals surface area contributed by atoms with Gasteiger partial charge in [0.2, 0.25) is 11.8 Å². The third kappa shape index (κ3) is 6.29. The standard InChI is InChI=1S/C37H38Cl2N8O4/c1-45-30(18-46-19-37(20-46)13-24(48)14-37)44-47-17-22(12-29(47)36(45)50)34-33(39)26(10-11-41-34)25-4-3-5-27(32(25)38)28-8-6-21(35(43-28)51-2)15-40-16-23-7-9-31(49)42-23/h3-6,8,10-12,17,23-24,40,48H,7,9,13-16,18-20H2,1-2H3,(H,42,49). The summed E-state index contributed by atoms with van der Waals surface area (Å²) in [7, 11) is 3.33. The number of benzene rings is 1. The van der Waals surface area contributed by atoms with Gasteiger partial charge >= 0.3 is 0 Å². The van der Waals surface area contributed by atoms with E-state index in [2.05, 4.69) is 20.5 Å². The number of rotatable bonds is 10. The molecule has 0 radical (unpaired) electrons. The van der Waals surface area contributed by atoms with Crippen molar-refractivity contribution >= 4 is 34.6 Å². The number of aliphatic hydroxyl groups is 1. The number of methoxy groups -OCH3 is 1. The average Bonchev–Trinajstić information content (AvgIpc) is 3.71. The molecule has 1 spiro atoms. The van der Waals surface area contributed by atoms with Crippen LogP contribution in [0, 0.1) is 5.41 Å². The molecule has 14 heteroatoms. The van der Waals surface area contributed by atoms with Crippen LogP contribution in [0.3, 0.4) is 0 Å². The van der Waals surface area contributed by atoms with Crippen LogP contribution >= 0.6 is 23.2 Å². The number of aliphatic hydroxyl groups excluding tert-OH is 1. The fourth-order valence-electron chi connectivity index (χ4n) is 7.79. The Morgan fingerprint density at radius 2 is 1.86 bits per heavy atom. The summed E-state index contributed by atoms with van der Waals surface area (Å²) < 4.78 is 8.85. The lowest BCUT2D eigenvalue weighted by Gasteiger charge is -2.57. The lowest BCUT2D eigenvalue weighted by atomic mass is 9.62. The van der Waals surface area contributed by atoms with E-state index < -0.39 is 0 Å². The van der Waals surface area contributed by atoms with Crippen molar-refractivity contribution in [1.82, 2.24) is 39.7 Å². The van der Waals surface area contributed by atoms with Crippen LogP contribution in [0.25, 0.3) is 39.2 Å². The molecule has 2 aliphatic heterocycles. The van der Waals surface area contributed by atoms with E-state index >= 15 is 0 Å². The number of amides is 1. The molecule has 51 heavy (non-hydrogen) atoms. The van der Waals surface area contributed by atoms with Crippen LogP contribution < -0.4 is 20.9 Å². The van der Waals surface area contributed by atoms with Crippen LogP contribution in [-0.4, -0.2) is 79.0 Å². The van der Waals surface area contributed by atoms with Crippen molar-refractivity contribution in [3.05, 3.63) is 86.6 Å². The summed E-state index contributed by atoms with van der Waals surface area (Å²) in [6, 6.07) is 13.3. The molecule has 1 aliphatic carbocycles. The van der Waals surface area contributed by atoms with Crippen LogP contribution in [-0.2, 0) is 24.9 Å².